The quantitative estimate of drug-likeness (QED) is 0.231. The summed E-state index contributed by atoms with van der Waals surface area (Å²) in [4.78, 5) is 10.1. The molecule has 2 aromatic carbocycles. The number of unbranched alkanes of at least 4 members (excludes halogenated alkanes) is 3. The first-order chi connectivity index (χ1) is 17.4. The lowest BCUT2D eigenvalue weighted by atomic mass is 10.0. The number of rotatable bonds is 13. The second-order valence-corrected chi connectivity index (χ2v) is 8.90. The van der Waals surface area contributed by atoms with Gasteiger partial charge in [0, 0.05) is 32.7 Å². The summed E-state index contributed by atoms with van der Waals surface area (Å²) in [6.07, 6.45) is 0.424. The van der Waals surface area contributed by atoms with Gasteiger partial charge in [0.15, 0.2) is 0 Å². The van der Waals surface area contributed by atoms with Crippen LogP contribution in [0, 0.1) is 0 Å². The largest absolute Gasteiger partial charge is 0.495 e. The minimum atomic E-state index is -4.35. The first kappa shape index (κ1) is 27.8. The zero-order valence-electron chi connectivity index (χ0n) is 21.0. The number of anilines is 1. The minimum absolute atomic E-state index is 0.272. The summed E-state index contributed by atoms with van der Waals surface area (Å²) in [6.45, 7) is 5.69. The molecule has 0 amide bonds. The predicted molar refractivity (Wildman–Crippen MR) is 138 cm³/mol. The van der Waals surface area contributed by atoms with Gasteiger partial charge in [-0.3, -0.25) is 4.90 Å². The monoisotopic (exact) mass is 506 g/mol. The van der Waals surface area contributed by atoms with Crippen LogP contribution in [0.3, 0.4) is 0 Å². The Balaban J connectivity index is 1.38. The number of oxime groups is 1. The van der Waals surface area contributed by atoms with Crippen molar-refractivity contribution >= 4 is 11.4 Å². The molecule has 0 aromatic heterocycles. The van der Waals surface area contributed by atoms with E-state index in [9.17, 15) is 13.2 Å². The summed E-state index contributed by atoms with van der Waals surface area (Å²) in [5.41, 5.74) is 7.24. The average molecular weight is 507 g/mol. The van der Waals surface area contributed by atoms with Crippen LogP contribution in [-0.4, -0.2) is 63.6 Å². The SMILES string of the molecule is COc1ccccc1N1CCN(CCCCCC/C(=N\OCCN)c2ccc(C(F)(F)F)cc2)CC1. The van der Waals surface area contributed by atoms with Gasteiger partial charge in [-0.25, -0.2) is 0 Å². The molecule has 36 heavy (non-hydrogen) atoms. The number of nitrogens with two attached hydrogens (primary N) is 1. The lowest BCUT2D eigenvalue weighted by Gasteiger charge is -2.36. The van der Waals surface area contributed by atoms with E-state index in [1.54, 1.807) is 7.11 Å². The maximum absolute atomic E-state index is 12.9. The fourth-order valence-corrected chi connectivity index (χ4v) is 4.36. The van der Waals surface area contributed by atoms with Crippen molar-refractivity contribution in [3.8, 4) is 5.75 Å². The van der Waals surface area contributed by atoms with Gasteiger partial charge in [0.05, 0.1) is 24.1 Å². The molecule has 0 saturated carbocycles. The molecule has 1 aliphatic heterocycles. The van der Waals surface area contributed by atoms with Gasteiger partial charge in [-0.1, -0.05) is 42.3 Å². The Morgan fingerprint density at radius 2 is 1.64 bits per heavy atom. The molecule has 0 atom stereocenters. The summed E-state index contributed by atoms with van der Waals surface area (Å²) in [5, 5.41) is 4.14. The Bertz CT molecular complexity index is 943. The molecule has 0 aliphatic carbocycles. The van der Waals surface area contributed by atoms with Crippen LogP contribution < -0.4 is 15.4 Å². The van der Waals surface area contributed by atoms with Crippen LogP contribution in [0.15, 0.2) is 53.7 Å². The van der Waals surface area contributed by atoms with E-state index in [0.717, 1.165) is 82.0 Å². The normalized spacial score (nSPS) is 15.2. The third-order valence-electron chi connectivity index (χ3n) is 6.37. The fraction of sp³-hybridized carbons (Fsp3) is 0.519. The highest BCUT2D eigenvalue weighted by atomic mass is 19.4. The Hall–Kier alpha value is -2.78. The molecule has 3 rings (SSSR count). The second kappa shape index (κ2) is 14.1. The Kier molecular flexibility index (Phi) is 10.9. The van der Waals surface area contributed by atoms with Crippen molar-refractivity contribution in [1.82, 2.24) is 4.90 Å². The Morgan fingerprint density at radius 1 is 0.944 bits per heavy atom. The number of ether oxygens (including phenoxy) is 1. The van der Waals surface area contributed by atoms with Gasteiger partial charge in [-0.2, -0.15) is 13.2 Å². The number of hydrogen-bond donors (Lipinski definition) is 1. The van der Waals surface area contributed by atoms with E-state index in [1.165, 1.54) is 12.1 Å². The molecule has 0 bridgehead atoms. The summed E-state index contributed by atoms with van der Waals surface area (Å²) in [6, 6.07) is 13.2. The zero-order chi connectivity index (χ0) is 25.8. The van der Waals surface area contributed by atoms with Crippen LogP contribution in [0.25, 0.3) is 0 Å². The molecular formula is C27H37F3N4O2. The van der Waals surface area contributed by atoms with Gasteiger partial charge in [0.25, 0.3) is 0 Å². The van der Waals surface area contributed by atoms with Crippen molar-refractivity contribution in [1.29, 1.82) is 0 Å². The van der Waals surface area contributed by atoms with E-state index >= 15 is 0 Å². The van der Waals surface area contributed by atoms with Gasteiger partial charge in [0.2, 0.25) is 0 Å². The van der Waals surface area contributed by atoms with E-state index in [1.807, 2.05) is 18.2 Å². The standard InChI is InChI=1S/C27H37F3N4O2/c1-35-26-10-6-5-9-25(26)34-19-17-33(18-20-34)16-7-3-2-4-8-24(32-36-21-15-31)22-11-13-23(14-12-22)27(28,29)30/h5-6,9-14H,2-4,7-8,15-21,31H2,1H3/b32-24+. The molecule has 6 nitrogen and oxygen atoms in total. The number of piperazine rings is 1. The topological polar surface area (TPSA) is 63.3 Å². The van der Waals surface area contributed by atoms with Crippen molar-refractivity contribution in [2.45, 2.75) is 38.3 Å². The molecule has 2 aromatic rings. The van der Waals surface area contributed by atoms with Crippen molar-refractivity contribution in [2.75, 3.05) is 57.9 Å². The molecule has 9 heteroatoms. The molecule has 198 valence electrons. The predicted octanol–water partition coefficient (Wildman–Crippen LogP) is 5.17. The molecule has 0 radical (unpaired) electrons. The van der Waals surface area contributed by atoms with Gasteiger partial charge >= 0.3 is 6.18 Å². The molecular weight excluding hydrogens is 469 g/mol. The number of para-hydroxylation sites is 2. The molecule has 0 spiro atoms. The van der Waals surface area contributed by atoms with Crippen LogP contribution in [0.2, 0.25) is 0 Å². The third kappa shape index (κ3) is 8.41. The van der Waals surface area contributed by atoms with Gasteiger partial charge in [-0.15, -0.1) is 0 Å². The lowest BCUT2D eigenvalue weighted by molar-refractivity contribution is -0.137. The molecule has 1 fully saturated rings. The first-order valence-electron chi connectivity index (χ1n) is 12.6. The number of hydrogen-bond acceptors (Lipinski definition) is 6. The fourth-order valence-electron chi connectivity index (χ4n) is 4.36. The van der Waals surface area contributed by atoms with E-state index < -0.39 is 11.7 Å². The van der Waals surface area contributed by atoms with Crippen LogP contribution in [0.1, 0.15) is 43.2 Å². The highest BCUT2D eigenvalue weighted by Gasteiger charge is 2.30. The van der Waals surface area contributed by atoms with Crippen molar-refractivity contribution in [3.05, 3.63) is 59.7 Å². The average Bonchev–Trinajstić information content (AvgIpc) is 2.89. The molecule has 1 aliphatic rings. The van der Waals surface area contributed by atoms with E-state index in [2.05, 4.69) is 21.0 Å². The smallest absolute Gasteiger partial charge is 0.416 e. The molecule has 2 N–H and O–H groups in total. The van der Waals surface area contributed by atoms with E-state index in [4.69, 9.17) is 15.3 Å². The molecule has 1 heterocycles. The van der Waals surface area contributed by atoms with E-state index in [-0.39, 0.29) is 6.61 Å². The van der Waals surface area contributed by atoms with Gasteiger partial charge in [0.1, 0.15) is 12.4 Å². The van der Waals surface area contributed by atoms with E-state index in [0.29, 0.717) is 24.2 Å². The number of methoxy groups -OCH3 is 1. The lowest BCUT2D eigenvalue weighted by Crippen LogP contribution is -2.46. The van der Waals surface area contributed by atoms with Crippen molar-refractivity contribution in [2.24, 2.45) is 10.9 Å². The Morgan fingerprint density at radius 3 is 2.31 bits per heavy atom. The zero-order valence-corrected chi connectivity index (χ0v) is 21.0. The second-order valence-electron chi connectivity index (χ2n) is 8.90. The Labute approximate surface area is 211 Å². The summed E-state index contributed by atoms with van der Waals surface area (Å²) in [7, 11) is 1.71. The van der Waals surface area contributed by atoms with Gasteiger partial charge in [-0.05, 0) is 55.6 Å². The molecule has 0 unspecified atom stereocenters. The maximum atomic E-state index is 12.9. The highest BCUT2D eigenvalue weighted by molar-refractivity contribution is 6.00. The van der Waals surface area contributed by atoms with Gasteiger partial charge < -0.3 is 20.2 Å². The first-order valence-corrected chi connectivity index (χ1v) is 12.6. The summed E-state index contributed by atoms with van der Waals surface area (Å²) in [5.74, 6) is 0.915. The summed E-state index contributed by atoms with van der Waals surface area (Å²) < 4.78 is 44.1. The maximum Gasteiger partial charge on any atom is 0.416 e. The van der Waals surface area contributed by atoms with Crippen molar-refractivity contribution in [3.63, 3.8) is 0 Å². The van der Waals surface area contributed by atoms with Crippen LogP contribution >= 0.6 is 0 Å². The third-order valence-corrected chi connectivity index (χ3v) is 6.37. The minimum Gasteiger partial charge on any atom is -0.495 e. The van der Waals surface area contributed by atoms with Crippen molar-refractivity contribution < 1.29 is 22.7 Å². The number of alkyl halides is 3. The van der Waals surface area contributed by atoms with Crippen LogP contribution in [0.4, 0.5) is 18.9 Å². The molecule has 1 saturated heterocycles. The highest BCUT2D eigenvalue weighted by Crippen LogP contribution is 2.30. The van der Waals surface area contributed by atoms with Crippen LogP contribution in [0.5, 0.6) is 5.75 Å². The number of benzene rings is 2. The summed E-state index contributed by atoms with van der Waals surface area (Å²) >= 11 is 0. The van der Waals surface area contributed by atoms with Crippen LogP contribution in [-0.2, 0) is 11.0 Å². The number of halogens is 3. The number of nitrogens with zero attached hydrogens (tertiary/aromatic N) is 3.